The van der Waals surface area contributed by atoms with Crippen molar-refractivity contribution in [2.75, 3.05) is 0 Å². The van der Waals surface area contributed by atoms with E-state index in [1.165, 1.54) is 0 Å². The largest absolute Gasteiger partial charge is 0.391 e. The SMILES string of the molecule is Cc1nc2c3ccccc3nn2c(C)c1CCC(=O)NC1CCCC(C(F)(F)F)C1. The van der Waals surface area contributed by atoms with Crippen molar-refractivity contribution in [3.05, 3.63) is 41.2 Å². The van der Waals surface area contributed by atoms with E-state index in [0.717, 1.165) is 33.5 Å². The highest BCUT2D eigenvalue weighted by molar-refractivity contribution is 5.92. The Kier molecular flexibility index (Phi) is 5.42. The smallest absolute Gasteiger partial charge is 0.353 e. The van der Waals surface area contributed by atoms with Gasteiger partial charge in [-0.1, -0.05) is 18.6 Å². The molecule has 1 aromatic carbocycles. The van der Waals surface area contributed by atoms with Crippen LogP contribution >= 0.6 is 0 Å². The number of hydrogen-bond donors (Lipinski definition) is 1. The first-order chi connectivity index (χ1) is 14.2. The molecule has 0 aliphatic heterocycles. The fourth-order valence-corrected chi connectivity index (χ4v) is 4.49. The van der Waals surface area contributed by atoms with E-state index < -0.39 is 18.1 Å². The van der Waals surface area contributed by atoms with E-state index in [0.29, 0.717) is 19.3 Å². The number of aryl methyl sites for hydroxylation is 2. The van der Waals surface area contributed by atoms with E-state index in [1.54, 1.807) is 4.52 Å². The average Bonchev–Trinajstić information content (AvgIpc) is 3.06. The standard InChI is InChI=1S/C22H25F3N4O/c1-13-17(14(2)29-21(26-13)18-8-3-4-9-19(18)28-29)10-11-20(30)27-16-7-5-6-15(12-16)22(23,24)25/h3-4,8-9,15-16H,5-7,10-12H2,1-2H3,(H,27,30). The second-order valence-corrected chi connectivity index (χ2v) is 8.18. The first-order valence-corrected chi connectivity index (χ1v) is 10.3. The van der Waals surface area contributed by atoms with Gasteiger partial charge in [0, 0.05) is 29.2 Å². The number of hydrogen-bond acceptors (Lipinski definition) is 3. The van der Waals surface area contributed by atoms with Gasteiger partial charge < -0.3 is 5.32 Å². The molecule has 1 fully saturated rings. The van der Waals surface area contributed by atoms with E-state index in [4.69, 9.17) is 4.98 Å². The van der Waals surface area contributed by atoms with Gasteiger partial charge in [0.15, 0.2) is 5.65 Å². The minimum absolute atomic E-state index is 0.0271. The molecule has 1 amide bonds. The Labute approximate surface area is 172 Å². The van der Waals surface area contributed by atoms with Crippen molar-refractivity contribution in [1.82, 2.24) is 19.9 Å². The van der Waals surface area contributed by atoms with Gasteiger partial charge in [-0.15, -0.1) is 0 Å². The van der Waals surface area contributed by atoms with Gasteiger partial charge in [-0.2, -0.15) is 18.3 Å². The van der Waals surface area contributed by atoms with Crippen molar-refractivity contribution >= 4 is 22.5 Å². The molecule has 0 spiro atoms. The number of carbonyl (C=O) groups excluding carboxylic acids is 1. The lowest BCUT2D eigenvalue weighted by Crippen LogP contribution is -2.41. The van der Waals surface area contributed by atoms with Crippen LogP contribution in [0.15, 0.2) is 24.3 Å². The Morgan fingerprint density at radius 3 is 2.77 bits per heavy atom. The second-order valence-electron chi connectivity index (χ2n) is 8.18. The Bertz CT molecular complexity index is 1090. The molecular weight excluding hydrogens is 393 g/mol. The summed E-state index contributed by atoms with van der Waals surface area (Å²) in [6.07, 6.45) is -2.30. The van der Waals surface area contributed by atoms with Gasteiger partial charge in [0.05, 0.1) is 11.4 Å². The zero-order valence-electron chi connectivity index (χ0n) is 17.1. The summed E-state index contributed by atoms with van der Waals surface area (Å²) >= 11 is 0. The molecule has 1 saturated carbocycles. The quantitative estimate of drug-likeness (QED) is 0.670. The van der Waals surface area contributed by atoms with E-state index in [-0.39, 0.29) is 25.2 Å². The van der Waals surface area contributed by atoms with Crippen LogP contribution in [0.3, 0.4) is 0 Å². The summed E-state index contributed by atoms with van der Waals surface area (Å²) in [7, 11) is 0. The molecule has 3 aromatic rings. The number of aromatic nitrogens is 3. The molecule has 1 aliphatic carbocycles. The third kappa shape index (κ3) is 4.00. The Hall–Kier alpha value is -2.64. The Balaban J connectivity index is 1.45. The van der Waals surface area contributed by atoms with Crippen LogP contribution in [-0.4, -0.2) is 32.7 Å². The van der Waals surface area contributed by atoms with Gasteiger partial charge in [0.25, 0.3) is 0 Å². The van der Waals surface area contributed by atoms with Crippen LogP contribution in [0, 0.1) is 19.8 Å². The number of rotatable bonds is 4. The lowest BCUT2D eigenvalue weighted by atomic mass is 9.85. The fourth-order valence-electron chi connectivity index (χ4n) is 4.49. The summed E-state index contributed by atoms with van der Waals surface area (Å²) in [5.74, 6) is -1.53. The lowest BCUT2D eigenvalue weighted by molar-refractivity contribution is -0.184. The number of amides is 1. The number of alkyl halides is 3. The minimum Gasteiger partial charge on any atom is -0.353 e. The molecule has 4 rings (SSSR count). The van der Waals surface area contributed by atoms with Gasteiger partial charge in [-0.25, -0.2) is 9.50 Å². The van der Waals surface area contributed by atoms with E-state index >= 15 is 0 Å². The number of halogens is 3. The summed E-state index contributed by atoms with van der Waals surface area (Å²) in [5.41, 5.74) is 4.36. The lowest BCUT2D eigenvalue weighted by Gasteiger charge is -2.31. The maximum Gasteiger partial charge on any atom is 0.391 e. The van der Waals surface area contributed by atoms with Crippen molar-refractivity contribution in [3.8, 4) is 0 Å². The molecule has 0 bridgehead atoms. The molecule has 160 valence electrons. The van der Waals surface area contributed by atoms with Gasteiger partial charge in [0.1, 0.15) is 0 Å². The van der Waals surface area contributed by atoms with Crippen LogP contribution in [0.25, 0.3) is 16.6 Å². The van der Waals surface area contributed by atoms with Crippen molar-refractivity contribution < 1.29 is 18.0 Å². The summed E-state index contributed by atoms with van der Waals surface area (Å²) in [5, 5.41) is 8.40. The van der Waals surface area contributed by atoms with Crippen LogP contribution in [0.1, 0.15) is 49.1 Å². The number of nitrogens with zero attached hydrogens (tertiary/aromatic N) is 3. The van der Waals surface area contributed by atoms with Crippen LogP contribution in [0.4, 0.5) is 13.2 Å². The van der Waals surface area contributed by atoms with Crippen LogP contribution in [-0.2, 0) is 11.2 Å². The van der Waals surface area contributed by atoms with Crippen molar-refractivity contribution in [3.63, 3.8) is 0 Å². The number of fused-ring (bicyclic) bond motifs is 3. The van der Waals surface area contributed by atoms with E-state index in [2.05, 4.69) is 10.4 Å². The molecule has 2 heterocycles. The molecule has 0 radical (unpaired) electrons. The summed E-state index contributed by atoms with van der Waals surface area (Å²) < 4.78 is 40.8. The van der Waals surface area contributed by atoms with Crippen molar-refractivity contribution in [1.29, 1.82) is 0 Å². The highest BCUT2D eigenvalue weighted by atomic mass is 19.4. The highest BCUT2D eigenvalue weighted by Crippen LogP contribution is 2.37. The van der Waals surface area contributed by atoms with Crippen LogP contribution < -0.4 is 5.32 Å². The second kappa shape index (κ2) is 7.89. The molecule has 0 saturated heterocycles. The zero-order chi connectivity index (χ0) is 21.5. The first-order valence-electron chi connectivity index (χ1n) is 10.3. The van der Waals surface area contributed by atoms with Gasteiger partial charge in [-0.3, -0.25) is 4.79 Å². The number of nitrogens with one attached hydrogen (secondary N) is 1. The van der Waals surface area contributed by atoms with Crippen molar-refractivity contribution in [2.45, 2.75) is 64.6 Å². The maximum atomic E-state index is 13.0. The van der Waals surface area contributed by atoms with E-state index in [1.807, 2.05) is 38.1 Å². The fraction of sp³-hybridized carbons (Fsp3) is 0.500. The third-order valence-electron chi connectivity index (χ3n) is 6.12. The minimum atomic E-state index is -4.19. The number of benzene rings is 1. The molecule has 8 heteroatoms. The Morgan fingerprint density at radius 1 is 1.23 bits per heavy atom. The molecule has 5 nitrogen and oxygen atoms in total. The van der Waals surface area contributed by atoms with Gasteiger partial charge in [0.2, 0.25) is 5.91 Å². The summed E-state index contributed by atoms with van der Waals surface area (Å²) in [6.45, 7) is 3.87. The van der Waals surface area contributed by atoms with Crippen LogP contribution in [0.2, 0.25) is 0 Å². The Morgan fingerprint density at radius 2 is 2.00 bits per heavy atom. The molecule has 30 heavy (non-hydrogen) atoms. The zero-order valence-corrected chi connectivity index (χ0v) is 17.1. The molecule has 2 unspecified atom stereocenters. The molecule has 1 N–H and O–H groups in total. The average molecular weight is 418 g/mol. The van der Waals surface area contributed by atoms with Crippen LogP contribution in [0.5, 0.6) is 0 Å². The molecule has 1 aliphatic rings. The van der Waals surface area contributed by atoms with E-state index in [9.17, 15) is 18.0 Å². The molecule has 2 atom stereocenters. The number of carbonyl (C=O) groups is 1. The predicted molar refractivity (Wildman–Crippen MR) is 108 cm³/mol. The topological polar surface area (TPSA) is 59.3 Å². The molecular formula is C22H25F3N4O. The van der Waals surface area contributed by atoms with Gasteiger partial charge in [-0.05, 0) is 57.2 Å². The summed E-state index contributed by atoms with van der Waals surface area (Å²) in [6, 6.07) is 7.39. The van der Waals surface area contributed by atoms with Crippen molar-refractivity contribution in [2.24, 2.45) is 5.92 Å². The summed E-state index contributed by atoms with van der Waals surface area (Å²) in [4.78, 5) is 17.1. The monoisotopic (exact) mass is 418 g/mol. The van der Waals surface area contributed by atoms with Gasteiger partial charge >= 0.3 is 6.18 Å². The molecule has 2 aromatic heterocycles. The third-order valence-corrected chi connectivity index (χ3v) is 6.12. The normalized spacial score (nSPS) is 20.0. The first kappa shape index (κ1) is 20.6. The highest BCUT2D eigenvalue weighted by Gasteiger charge is 2.42. The predicted octanol–water partition coefficient (Wildman–Crippen LogP) is 4.67. The maximum absolute atomic E-state index is 13.0.